The Morgan fingerprint density at radius 2 is 1.67 bits per heavy atom. The van der Waals surface area contributed by atoms with Gasteiger partial charge in [-0.25, -0.2) is 4.39 Å². The number of nitrogens with zero attached hydrogens (tertiary/aromatic N) is 1. The number of hydrogen-bond donors (Lipinski definition) is 0. The molecule has 0 fully saturated rings. The van der Waals surface area contributed by atoms with Crippen molar-refractivity contribution in [3.63, 3.8) is 0 Å². The molecule has 0 N–H and O–H groups in total. The summed E-state index contributed by atoms with van der Waals surface area (Å²) in [5.41, 5.74) is 7.41. The third kappa shape index (κ3) is 2.21. The zero-order valence-electron chi connectivity index (χ0n) is 13.4. The minimum atomic E-state index is -0.147. The Balaban J connectivity index is 1.80. The number of rotatable bonds is 2. The SMILES string of the molecule is CCc1ccc2c(c1)Cc1c-2ccc(-c2ccc(C#N)cc2)c1F. The topological polar surface area (TPSA) is 23.8 Å². The number of hydrogen-bond acceptors (Lipinski definition) is 1. The van der Waals surface area contributed by atoms with Crippen LogP contribution in [0.4, 0.5) is 4.39 Å². The van der Waals surface area contributed by atoms with Crippen molar-refractivity contribution in [2.75, 3.05) is 0 Å². The Labute approximate surface area is 141 Å². The van der Waals surface area contributed by atoms with E-state index in [4.69, 9.17) is 5.26 Å². The van der Waals surface area contributed by atoms with Crippen LogP contribution < -0.4 is 0 Å². The summed E-state index contributed by atoms with van der Waals surface area (Å²) in [5.74, 6) is -0.147. The molecule has 0 spiro atoms. The third-order valence-electron chi connectivity index (χ3n) is 4.80. The van der Waals surface area contributed by atoms with Crippen molar-refractivity contribution in [1.82, 2.24) is 0 Å². The molecule has 0 unspecified atom stereocenters. The Morgan fingerprint density at radius 1 is 0.958 bits per heavy atom. The predicted octanol–water partition coefficient (Wildman–Crippen LogP) is 5.50. The van der Waals surface area contributed by atoms with Gasteiger partial charge in [0.2, 0.25) is 0 Å². The summed E-state index contributed by atoms with van der Waals surface area (Å²) in [6.07, 6.45) is 1.64. The highest BCUT2D eigenvalue weighted by Crippen LogP contribution is 2.41. The summed E-state index contributed by atoms with van der Waals surface area (Å²) in [5, 5.41) is 8.90. The molecule has 1 aliphatic carbocycles. The second-order valence-electron chi connectivity index (χ2n) is 6.16. The first-order valence-corrected chi connectivity index (χ1v) is 8.15. The lowest BCUT2D eigenvalue weighted by Gasteiger charge is -2.08. The monoisotopic (exact) mass is 313 g/mol. The molecule has 116 valence electrons. The molecule has 0 aromatic heterocycles. The third-order valence-corrected chi connectivity index (χ3v) is 4.80. The van der Waals surface area contributed by atoms with E-state index in [9.17, 15) is 0 Å². The Hall–Kier alpha value is -2.92. The van der Waals surface area contributed by atoms with Crippen molar-refractivity contribution in [3.05, 3.63) is 82.7 Å². The zero-order valence-corrected chi connectivity index (χ0v) is 13.4. The van der Waals surface area contributed by atoms with Crippen LogP contribution in [0.3, 0.4) is 0 Å². The van der Waals surface area contributed by atoms with Crippen LogP contribution in [-0.4, -0.2) is 0 Å². The van der Waals surface area contributed by atoms with Crippen LogP contribution in [0, 0.1) is 17.1 Å². The minimum absolute atomic E-state index is 0.147. The summed E-state index contributed by atoms with van der Waals surface area (Å²) < 4.78 is 15.1. The van der Waals surface area contributed by atoms with Gasteiger partial charge < -0.3 is 0 Å². The average molecular weight is 313 g/mol. The Bertz CT molecular complexity index is 978. The van der Waals surface area contributed by atoms with Gasteiger partial charge in [0, 0.05) is 17.5 Å². The molecular weight excluding hydrogens is 297 g/mol. The molecule has 0 saturated heterocycles. The second kappa shape index (κ2) is 5.62. The lowest BCUT2D eigenvalue weighted by molar-refractivity contribution is 0.620. The maximum atomic E-state index is 15.1. The van der Waals surface area contributed by atoms with E-state index in [1.807, 2.05) is 12.1 Å². The van der Waals surface area contributed by atoms with Gasteiger partial charge in [0.15, 0.2) is 0 Å². The van der Waals surface area contributed by atoms with Crippen molar-refractivity contribution < 1.29 is 4.39 Å². The molecule has 0 amide bonds. The van der Waals surface area contributed by atoms with Crippen LogP contribution in [0.2, 0.25) is 0 Å². The molecule has 24 heavy (non-hydrogen) atoms. The molecule has 1 nitrogen and oxygen atoms in total. The molecular formula is C22H16FN. The van der Waals surface area contributed by atoms with Crippen LogP contribution >= 0.6 is 0 Å². The zero-order chi connectivity index (χ0) is 16.7. The summed E-state index contributed by atoms with van der Waals surface area (Å²) in [6, 6.07) is 19.4. The summed E-state index contributed by atoms with van der Waals surface area (Å²) >= 11 is 0. The molecule has 3 aromatic rings. The van der Waals surface area contributed by atoms with Crippen molar-refractivity contribution in [1.29, 1.82) is 5.26 Å². The highest BCUT2D eigenvalue weighted by Gasteiger charge is 2.23. The molecule has 1 aliphatic rings. The molecule has 3 aromatic carbocycles. The van der Waals surface area contributed by atoms with Crippen LogP contribution in [0.15, 0.2) is 54.6 Å². The number of nitriles is 1. The first-order chi connectivity index (χ1) is 11.7. The Morgan fingerprint density at radius 3 is 2.38 bits per heavy atom. The fraction of sp³-hybridized carbons (Fsp3) is 0.136. The molecule has 0 heterocycles. The van der Waals surface area contributed by atoms with Crippen molar-refractivity contribution in [3.8, 4) is 28.3 Å². The molecule has 2 heteroatoms. The second-order valence-corrected chi connectivity index (χ2v) is 6.16. The van der Waals surface area contributed by atoms with E-state index < -0.39 is 0 Å². The van der Waals surface area contributed by atoms with Crippen molar-refractivity contribution >= 4 is 0 Å². The predicted molar refractivity (Wildman–Crippen MR) is 94.2 cm³/mol. The number of benzene rings is 3. The first kappa shape index (κ1) is 14.7. The van der Waals surface area contributed by atoms with Gasteiger partial charge in [-0.1, -0.05) is 49.4 Å². The molecule has 0 atom stereocenters. The van der Waals surface area contributed by atoms with E-state index in [1.54, 1.807) is 24.3 Å². The lowest BCUT2D eigenvalue weighted by atomic mass is 9.97. The van der Waals surface area contributed by atoms with Crippen LogP contribution in [0.1, 0.15) is 29.2 Å². The van der Waals surface area contributed by atoms with E-state index in [1.165, 1.54) is 11.1 Å². The van der Waals surface area contributed by atoms with Crippen LogP contribution in [-0.2, 0) is 12.8 Å². The summed E-state index contributed by atoms with van der Waals surface area (Å²) in [6.45, 7) is 2.13. The molecule has 0 aliphatic heterocycles. The number of halogens is 1. The molecule has 4 rings (SSSR count). The first-order valence-electron chi connectivity index (χ1n) is 8.15. The molecule has 0 saturated carbocycles. The van der Waals surface area contributed by atoms with Crippen LogP contribution in [0.5, 0.6) is 0 Å². The highest BCUT2D eigenvalue weighted by molar-refractivity contribution is 5.81. The van der Waals surface area contributed by atoms with E-state index in [-0.39, 0.29) is 5.82 Å². The Kier molecular flexibility index (Phi) is 3.43. The van der Waals surface area contributed by atoms with Gasteiger partial charge in [-0.2, -0.15) is 5.26 Å². The van der Waals surface area contributed by atoms with E-state index >= 15 is 4.39 Å². The largest absolute Gasteiger partial charge is 0.206 e. The maximum Gasteiger partial charge on any atom is 0.135 e. The fourth-order valence-corrected chi connectivity index (χ4v) is 3.46. The maximum absolute atomic E-state index is 15.1. The number of aryl methyl sites for hydroxylation is 1. The lowest BCUT2D eigenvalue weighted by Crippen LogP contribution is -1.92. The van der Waals surface area contributed by atoms with Gasteiger partial charge in [-0.3, -0.25) is 0 Å². The summed E-state index contributed by atoms with van der Waals surface area (Å²) in [4.78, 5) is 0. The standard InChI is InChI=1S/C22H16FN/c1-2-14-5-8-18-17(11-14)12-21-20(18)10-9-19(22(21)23)16-6-3-15(13-24)4-7-16/h3-11H,2,12H2,1H3. The summed E-state index contributed by atoms with van der Waals surface area (Å²) in [7, 11) is 0. The van der Waals surface area contributed by atoms with Crippen molar-refractivity contribution in [2.45, 2.75) is 19.8 Å². The van der Waals surface area contributed by atoms with E-state index in [2.05, 4.69) is 31.2 Å². The van der Waals surface area contributed by atoms with Gasteiger partial charge in [-0.05, 0) is 46.4 Å². The van der Waals surface area contributed by atoms with Gasteiger partial charge >= 0.3 is 0 Å². The molecule has 0 bridgehead atoms. The smallest absolute Gasteiger partial charge is 0.135 e. The van der Waals surface area contributed by atoms with E-state index in [0.717, 1.165) is 28.7 Å². The average Bonchev–Trinajstić information content (AvgIpc) is 3.01. The van der Waals surface area contributed by atoms with Gasteiger partial charge in [-0.15, -0.1) is 0 Å². The number of fused-ring (bicyclic) bond motifs is 3. The molecule has 0 radical (unpaired) electrons. The van der Waals surface area contributed by atoms with Crippen LogP contribution in [0.25, 0.3) is 22.3 Å². The fourth-order valence-electron chi connectivity index (χ4n) is 3.46. The normalized spacial score (nSPS) is 11.7. The highest BCUT2D eigenvalue weighted by atomic mass is 19.1. The quantitative estimate of drug-likeness (QED) is 0.479. The van der Waals surface area contributed by atoms with Gasteiger partial charge in [0.25, 0.3) is 0 Å². The van der Waals surface area contributed by atoms with Gasteiger partial charge in [0.1, 0.15) is 5.82 Å². The minimum Gasteiger partial charge on any atom is -0.206 e. The van der Waals surface area contributed by atoms with E-state index in [0.29, 0.717) is 17.5 Å². The van der Waals surface area contributed by atoms with Crippen molar-refractivity contribution in [2.24, 2.45) is 0 Å². The van der Waals surface area contributed by atoms with Gasteiger partial charge in [0.05, 0.1) is 11.6 Å².